The van der Waals surface area contributed by atoms with Crippen LogP contribution < -0.4 is 10.6 Å². The van der Waals surface area contributed by atoms with E-state index >= 15 is 0 Å². The number of benzene rings is 2. The van der Waals surface area contributed by atoms with Crippen LogP contribution in [0.5, 0.6) is 0 Å². The van der Waals surface area contributed by atoms with Crippen molar-refractivity contribution in [1.82, 2.24) is 15.1 Å². The number of carboxylic acid groups (broad SMARTS) is 1. The standard InChI is InChI=1S/C23H22N4O5/c1-27-20(12-19(26-27)22(30)24-11-10-21(28)29)25-23(31)32-13-18-16-8-4-2-6-14(16)15-7-3-5-9-17(15)18/h2-9,12,18H,10-11,13H2,1H3,(H,24,30)(H,25,31)(H,28,29). The summed E-state index contributed by atoms with van der Waals surface area (Å²) in [6.07, 6.45) is -0.851. The SMILES string of the molecule is Cn1nc(C(=O)NCCC(=O)O)cc1NC(=O)OCC1c2ccccc2-c2ccccc21. The van der Waals surface area contributed by atoms with Gasteiger partial charge in [-0.1, -0.05) is 48.5 Å². The highest BCUT2D eigenvalue weighted by Gasteiger charge is 2.29. The molecule has 1 aromatic heterocycles. The van der Waals surface area contributed by atoms with Crippen LogP contribution in [0.2, 0.25) is 0 Å². The van der Waals surface area contributed by atoms with Crippen LogP contribution in [0.3, 0.4) is 0 Å². The number of aliphatic carboxylic acids is 1. The Morgan fingerprint density at radius 2 is 1.69 bits per heavy atom. The number of amides is 2. The highest BCUT2D eigenvalue weighted by molar-refractivity contribution is 5.94. The van der Waals surface area contributed by atoms with E-state index < -0.39 is 18.0 Å². The Morgan fingerprint density at radius 1 is 1.06 bits per heavy atom. The smallest absolute Gasteiger partial charge is 0.412 e. The van der Waals surface area contributed by atoms with E-state index in [1.807, 2.05) is 36.4 Å². The van der Waals surface area contributed by atoms with Gasteiger partial charge in [-0.25, -0.2) is 4.79 Å². The molecule has 164 valence electrons. The zero-order valence-electron chi connectivity index (χ0n) is 17.4. The Kier molecular flexibility index (Phi) is 5.89. The third-order valence-corrected chi connectivity index (χ3v) is 5.31. The molecule has 0 radical (unpaired) electrons. The van der Waals surface area contributed by atoms with Crippen molar-refractivity contribution in [2.75, 3.05) is 18.5 Å². The van der Waals surface area contributed by atoms with Crippen molar-refractivity contribution in [3.8, 4) is 11.1 Å². The second kappa shape index (κ2) is 8.93. The van der Waals surface area contributed by atoms with Crippen LogP contribution in [0.1, 0.15) is 34.0 Å². The van der Waals surface area contributed by atoms with Crippen LogP contribution in [0.4, 0.5) is 10.6 Å². The van der Waals surface area contributed by atoms with Gasteiger partial charge in [0.05, 0.1) is 6.42 Å². The molecular weight excluding hydrogens is 412 g/mol. The van der Waals surface area contributed by atoms with Crippen molar-refractivity contribution in [2.45, 2.75) is 12.3 Å². The summed E-state index contributed by atoms with van der Waals surface area (Å²) in [4.78, 5) is 35.1. The van der Waals surface area contributed by atoms with Gasteiger partial charge in [0.15, 0.2) is 5.69 Å². The molecule has 3 N–H and O–H groups in total. The van der Waals surface area contributed by atoms with Gasteiger partial charge >= 0.3 is 12.1 Å². The van der Waals surface area contributed by atoms with Gasteiger partial charge in [0.1, 0.15) is 12.4 Å². The van der Waals surface area contributed by atoms with E-state index in [-0.39, 0.29) is 37.0 Å². The monoisotopic (exact) mass is 434 g/mol. The van der Waals surface area contributed by atoms with Crippen molar-refractivity contribution in [3.05, 3.63) is 71.4 Å². The lowest BCUT2D eigenvalue weighted by atomic mass is 9.98. The van der Waals surface area contributed by atoms with Crippen LogP contribution in [0.15, 0.2) is 54.6 Å². The van der Waals surface area contributed by atoms with E-state index in [1.54, 1.807) is 7.05 Å². The number of hydrogen-bond acceptors (Lipinski definition) is 5. The Hall–Kier alpha value is -4.14. The molecule has 0 fully saturated rings. The van der Waals surface area contributed by atoms with Crippen LogP contribution >= 0.6 is 0 Å². The van der Waals surface area contributed by atoms with Gasteiger partial charge < -0.3 is 15.2 Å². The summed E-state index contributed by atoms with van der Waals surface area (Å²) in [5.41, 5.74) is 4.57. The first-order chi connectivity index (χ1) is 15.4. The zero-order chi connectivity index (χ0) is 22.7. The first-order valence-electron chi connectivity index (χ1n) is 10.1. The highest BCUT2D eigenvalue weighted by atomic mass is 16.5. The normalized spacial score (nSPS) is 12.0. The molecule has 3 aromatic rings. The van der Waals surface area contributed by atoms with E-state index in [2.05, 4.69) is 27.9 Å². The van der Waals surface area contributed by atoms with Crippen LogP contribution in [0, 0.1) is 0 Å². The van der Waals surface area contributed by atoms with Gasteiger partial charge in [0.25, 0.3) is 5.91 Å². The number of ether oxygens (including phenoxy) is 1. The molecule has 4 rings (SSSR count). The molecule has 32 heavy (non-hydrogen) atoms. The predicted octanol–water partition coefficient (Wildman–Crippen LogP) is 2.99. The third-order valence-electron chi connectivity index (χ3n) is 5.31. The van der Waals surface area contributed by atoms with Crippen LogP contribution in [0.25, 0.3) is 11.1 Å². The van der Waals surface area contributed by atoms with Crippen molar-refractivity contribution in [1.29, 1.82) is 0 Å². The maximum absolute atomic E-state index is 12.4. The molecule has 2 amide bonds. The quantitative estimate of drug-likeness (QED) is 0.525. The zero-order valence-corrected chi connectivity index (χ0v) is 17.4. The van der Waals surface area contributed by atoms with Crippen LogP contribution in [-0.4, -0.2) is 46.0 Å². The lowest BCUT2D eigenvalue weighted by Crippen LogP contribution is -2.26. The molecule has 0 saturated carbocycles. The summed E-state index contributed by atoms with van der Waals surface area (Å²) < 4.78 is 6.84. The molecule has 9 nitrogen and oxygen atoms in total. The number of rotatable bonds is 7. The Bertz CT molecular complexity index is 1140. The molecule has 9 heteroatoms. The number of anilines is 1. The summed E-state index contributed by atoms with van der Waals surface area (Å²) in [6.45, 7) is 0.153. The van der Waals surface area contributed by atoms with E-state index in [0.717, 1.165) is 22.3 Å². The third kappa shape index (κ3) is 4.31. The lowest BCUT2D eigenvalue weighted by molar-refractivity contribution is -0.136. The first kappa shape index (κ1) is 21.1. The number of carbonyl (C=O) groups excluding carboxylic acids is 2. The highest BCUT2D eigenvalue weighted by Crippen LogP contribution is 2.44. The summed E-state index contributed by atoms with van der Waals surface area (Å²) in [6, 6.07) is 17.5. The van der Waals surface area contributed by atoms with Gasteiger partial charge in [-0.15, -0.1) is 0 Å². The minimum atomic E-state index is -1.01. The number of carboxylic acids is 1. The van der Waals surface area contributed by atoms with E-state index in [4.69, 9.17) is 9.84 Å². The molecule has 1 heterocycles. The second-order valence-corrected chi connectivity index (χ2v) is 7.39. The fourth-order valence-electron chi connectivity index (χ4n) is 3.81. The number of nitrogens with one attached hydrogen (secondary N) is 2. The second-order valence-electron chi connectivity index (χ2n) is 7.39. The van der Waals surface area contributed by atoms with Gasteiger partial charge in [-0.05, 0) is 22.3 Å². The van der Waals surface area contributed by atoms with Gasteiger partial charge in [-0.3, -0.25) is 19.6 Å². The number of aryl methyl sites for hydroxylation is 1. The van der Waals surface area contributed by atoms with Gasteiger partial charge in [0.2, 0.25) is 0 Å². The summed E-state index contributed by atoms with van der Waals surface area (Å²) in [7, 11) is 1.58. The van der Waals surface area contributed by atoms with E-state index in [9.17, 15) is 14.4 Å². The summed E-state index contributed by atoms with van der Waals surface area (Å²) >= 11 is 0. The maximum Gasteiger partial charge on any atom is 0.412 e. The van der Waals surface area contributed by atoms with E-state index in [0.29, 0.717) is 0 Å². The van der Waals surface area contributed by atoms with Crippen molar-refractivity contribution in [2.24, 2.45) is 7.05 Å². The molecule has 0 unspecified atom stereocenters. The largest absolute Gasteiger partial charge is 0.481 e. The minimum absolute atomic E-state index is 0.0140. The molecule has 0 atom stereocenters. The van der Waals surface area contributed by atoms with Gasteiger partial charge in [0, 0.05) is 25.6 Å². The fraction of sp³-hybridized carbons (Fsp3) is 0.217. The molecule has 0 spiro atoms. The first-order valence-corrected chi connectivity index (χ1v) is 10.1. The molecule has 0 aliphatic heterocycles. The maximum atomic E-state index is 12.4. The predicted molar refractivity (Wildman–Crippen MR) is 116 cm³/mol. The Morgan fingerprint density at radius 3 is 2.31 bits per heavy atom. The molecule has 2 aromatic carbocycles. The summed E-state index contributed by atoms with van der Waals surface area (Å²) in [5, 5.41) is 17.8. The average molecular weight is 434 g/mol. The lowest BCUT2D eigenvalue weighted by Gasteiger charge is -2.14. The van der Waals surface area contributed by atoms with Crippen molar-refractivity contribution < 1.29 is 24.2 Å². The fourth-order valence-corrected chi connectivity index (χ4v) is 3.81. The molecule has 1 aliphatic carbocycles. The Balaban J connectivity index is 1.38. The number of hydrogen-bond donors (Lipinski definition) is 3. The molecule has 1 aliphatic rings. The van der Waals surface area contributed by atoms with Crippen LogP contribution in [-0.2, 0) is 16.6 Å². The molecular formula is C23H22N4O5. The number of nitrogens with zero attached hydrogens (tertiary/aromatic N) is 2. The number of carbonyl (C=O) groups is 3. The topological polar surface area (TPSA) is 123 Å². The van der Waals surface area contributed by atoms with Gasteiger partial charge in [-0.2, -0.15) is 5.10 Å². The number of aromatic nitrogens is 2. The van der Waals surface area contributed by atoms with Crippen molar-refractivity contribution in [3.63, 3.8) is 0 Å². The Labute approximate surface area is 184 Å². The molecule has 0 bridgehead atoms. The minimum Gasteiger partial charge on any atom is -0.481 e. The number of fused-ring (bicyclic) bond motifs is 3. The van der Waals surface area contributed by atoms with Crippen molar-refractivity contribution >= 4 is 23.8 Å². The molecule has 0 saturated heterocycles. The average Bonchev–Trinajstić information content (AvgIpc) is 3.30. The summed E-state index contributed by atoms with van der Waals surface area (Å²) in [5.74, 6) is -1.31. The van der Waals surface area contributed by atoms with E-state index in [1.165, 1.54) is 10.7 Å².